The minimum absolute atomic E-state index is 0.00463. The molecule has 0 aliphatic carbocycles. The number of benzene rings is 2. The molecule has 0 radical (unpaired) electrons. The van der Waals surface area contributed by atoms with Gasteiger partial charge in [-0.1, -0.05) is 11.6 Å². The van der Waals surface area contributed by atoms with Gasteiger partial charge in [0.2, 0.25) is 15.9 Å². The maximum atomic E-state index is 14.0. The van der Waals surface area contributed by atoms with Gasteiger partial charge in [0, 0.05) is 23.2 Å². The van der Waals surface area contributed by atoms with Crippen LogP contribution in [-0.4, -0.2) is 42.0 Å². The van der Waals surface area contributed by atoms with Crippen LogP contribution in [0.1, 0.15) is 11.1 Å². The molecule has 0 fully saturated rings. The van der Waals surface area contributed by atoms with Crippen LogP contribution >= 0.6 is 11.6 Å². The van der Waals surface area contributed by atoms with Gasteiger partial charge in [-0.2, -0.15) is 9.40 Å². The minimum atomic E-state index is -3.91. The first-order valence-electron chi connectivity index (χ1n) is 9.06. The van der Waals surface area contributed by atoms with Crippen LogP contribution in [0.25, 0.3) is 0 Å². The molecule has 1 heterocycles. The van der Waals surface area contributed by atoms with Gasteiger partial charge in [0.25, 0.3) is 0 Å². The Morgan fingerprint density at radius 2 is 1.87 bits per heavy atom. The molecule has 0 bridgehead atoms. The van der Waals surface area contributed by atoms with Gasteiger partial charge in [-0.15, -0.1) is 0 Å². The molecule has 164 valence electrons. The van der Waals surface area contributed by atoms with Crippen molar-refractivity contribution >= 4 is 33.3 Å². The van der Waals surface area contributed by atoms with Crippen molar-refractivity contribution in [2.75, 3.05) is 18.9 Å². The molecule has 0 aliphatic heterocycles. The third-order valence-corrected chi connectivity index (χ3v) is 6.57. The number of likely N-dealkylation sites (N-methyl/N-ethyl adjacent to an activating group) is 1. The summed E-state index contributed by atoms with van der Waals surface area (Å²) in [5.74, 6) is -1.57. The molecule has 2 aromatic carbocycles. The summed E-state index contributed by atoms with van der Waals surface area (Å²) in [5.41, 5.74) is 0.634. The summed E-state index contributed by atoms with van der Waals surface area (Å²) in [5, 5.41) is 7.07. The van der Waals surface area contributed by atoms with Crippen molar-refractivity contribution in [2.45, 2.75) is 18.4 Å². The fourth-order valence-electron chi connectivity index (χ4n) is 2.83. The summed E-state index contributed by atoms with van der Waals surface area (Å²) in [6, 6.07) is 8.64. The molecule has 3 rings (SSSR count). The van der Waals surface area contributed by atoms with Gasteiger partial charge in [-0.05, 0) is 49.4 Å². The normalized spacial score (nSPS) is 11.7. The lowest BCUT2D eigenvalue weighted by atomic mass is 10.2. The van der Waals surface area contributed by atoms with Crippen LogP contribution in [0.5, 0.6) is 0 Å². The standard InChI is InChI=1S/C20H19ClF2N4O3S/c1-13-10-24-27(11-14-9-16(22)5-8-18(14)23)20(13)25-19(28)12-26(2)31(29,30)17-6-3-15(21)4-7-17/h3-10H,11-12H2,1-2H3,(H,25,28). The Balaban J connectivity index is 1.74. The van der Waals surface area contributed by atoms with Crippen molar-refractivity contribution < 1.29 is 22.0 Å². The van der Waals surface area contributed by atoms with Gasteiger partial charge in [0.1, 0.15) is 17.5 Å². The highest BCUT2D eigenvalue weighted by molar-refractivity contribution is 7.89. The van der Waals surface area contributed by atoms with Crippen LogP contribution in [0, 0.1) is 18.6 Å². The topological polar surface area (TPSA) is 84.3 Å². The largest absolute Gasteiger partial charge is 0.310 e. The lowest BCUT2D eigenvalue weighted by Crippen LogP contribution is -2.35. The number of nitrogens with one attached hydrogen (secondary N) is 1. The Hall–Kier alpha value is -2.82. The molecule has 0 spiro atoms. The highest BCUT2D eigenvalue weighted by atomic mass is 35.5. The number of aryl methyl sites for hydroxylation is 1. The third-order valence-electron chi connectivity index (χ3n) is 4.50. The molecular formula is C20H19ClF2N4O3S. The van der Waals surface area contributed by atoms with Crippen LogP contribution < -0.4 is 5.32 Å². The number of halogens is 3. The quantitative estimate of drug-likeness (QED) is 0.575. The molecule has 0 aliphatic rings. The fourth-order valence-corrected chi connectivity index (χ4v) is 4.09. The number of sulfonamides is 1. The second kappa shape index (κ2) is 9.13. The lowest BCUT2D eigenvalue weighted by Gasteiger charge is -2.17. The molecule has 0 saturated heterocycles. The molecule has 31 heavy (non-hydrogen) atoms. The molecule has 0 atom stereocenters. The van der Waals surface area contributed by atoms with Crippen molar-refractivity contribution in [1.82, 2.24) is 14.1 Å². The van der Waals surface area contributed by atoms with Gasteiger partial charge in [0.05, 0.1) is 24.2 Å². The number of carbonyl (C=O) groups is 1. The van der Waals surface area contributed by atoms with Gasteiger partial charge in [-0.25, -0.2) is 21.9 Å². The number of carbonyl (C=O) groups excluding carboxylic acids is 1. The second-order valence-corrected chi connectivity index (χ2v) is 9.31. The van der Waals surface area contributed by atoms with Gasteiger partial charge >= 0.3 is 0 Å². The van der Waals surface area contributed by atoms with Crippen molar-refractivity contribution in [2.24, 2.45) is 0 Å². The molecule has 11 heteroatoms. The first kappa shape index (κ1) is 22.9. The maximum Gasteiger partial charge on any atom is 0.243 e. The van der Waals surface area contributed by atoms with Crippen LogP contribution in [0.3, 0.4) is 0 Å². The van der Waals surface area contributed by atoms with Crippen LogP contribution in [0.15, 0.2) is 53.6 Å². The first-order valence-corrected chi connectivity index (χ1v) is 10.9. The predicted molar refractivity (Wildman–Crippen MR) is 112 cm³/mol. The van der Waals surface area contributed by atoms with E-state index in [1.54, 1.807) is 6.92 Å². The smallest absolute Gasteiger partial charge is 0.243 e. The molecule has 1 amide bonds. The van der Waals surface area contributed by atoms with Gasteiger partial charge in [0.15, 0.2) is 0 Å². The van der Waals surface area contributed by atoms with E-state index in [0.717, 1.165) is 22.5 Å². The summed E-state index contributed by atoms with van der Waals surface area (Å²) in [6.07, 6.45) is 1.46. The maximum absolute atomic E-state index is 14.0. The zero-order valence-corrected chi connectivity index (χ0v) is 18.2. The van der Waals surface area contributed by atoms with E-state index in [1.165, 1.54) is 42.2 Å². The summed E-state index contributed by atoms with van der Waals surface area (Å²) < 4.78 is 54.9. The average molecular weight is 469 g/mol. The van der Waals surface area contributed by atoms with E-state index in [0.29, 0.717) is 10.6 Å². The highest BCUT2D eigenvalue weighted by Crippen LogP contribution is 2.20. The van der Waals surface area contributed by atoms with E-state index < -0.39 is 34.1 Å². The van der Waals surface area contributed by atoms with Crippen molar-refractivity contribution in [3.05, 3.63) is 76.4 Å². The first-order chi connectivity index (χ1) is 14.6. The van der Waals surface area contributed by atoms with Crippen molar-refractivity contribution in [3.8, 4) is 0 Å². The molecule has 0 saturated carbocycles. The summed E-state index contributed by atoms with van der Waals surface area (Å²) in [4.78, 5) is 12.5. The Morgan fingerprint density at radius 3 is 2.55 bits per heavy atom. The number of nitrogens with zero attached hydrogens (tertiary/aromatic N) is 3. The Kier molecular flexibility index (Phi) is 6.73. The van der Waals surface area contributed by atoms with Gasteiger partial charge in [-0.3, -0.25) is 4.79 Å². The van der Waals surface area contributed by atoms with Crippen LogP contribution in [-0.2, 0) is 21.4 Å². The SMILES string of the molecule is Cc1cnn(Cc2cc(F)ccc2F)c1NC(=O)CN(C)S(=O)(=O)c1ccc(Cl)cc1. The van der Waals surface area contributed by atoms with Gasteiger partial charge < -0.3 is 5.32 Å². The van der Waals surface area contributed by atoms with E-state index in [4.69, 9.17) is 11.6 Å². The minimum Gasteiger partial charge on any atom is -0.310 e. The zero-order valence-electron chi connectivity index (χ0n) is 16.6. The Labute approximate surface area is 183 Å². The molecule has 3 aromatic rings. The fraction of sp³-hybridized carbons (Fsp3) is 0.200. The monoisotopic (exact) mass is 468 g/mol. The van der Waals surface area contributed by atoms with Crippen molar-refractivity contribution in [3.63, 3.8) is 0 Å². The third kappa shape index (κ3) is 5.27. The Morgan fingerprint density at radius 1 is 1.19 bits per heavy atom. The number of amides is 1. The van der Waals surface area contributed by atoms with E-state index in [-0.39, 0.29) is 22.8 Å². The summed E-state index contributed by atoms with van der Waals surface area (Å²) in [6.45, 7) is 1.09. The number of anilines is 1. The van der Waals surface area contributed by atoms with E-state index in [9.17, 15) is 22.0 Å². The van der Waals surface area contributed by atoms with E-state index in [1.807, 2.05) is 0 Å². The zero-order chi connectivity index (χ0) is 22.8. The van der Waals surface area contributed by atoms with Crippen molar-refractivity contribution in [1.29, 1.82) is 0 Å². The molecule has 7 nitrogen and oxygen atoms in total. The lowest BCUT2D eigenvalue weighted by molar-refractivity contribution is -0.116. The molecule has 1 aromatic heterocycles. The molecular weight excluding hydrogens is 450 g/mol. The predicted octanol–water partition coefficient (Wildman–Crippen LogP) is 3.43. The highest BCUT2D eigenvalue weighted by Gasteiger charge is 2.24. The number of hydrogen-bond donors (Lipinski definition) is 1. The molecule has 1 N–H and O–H groups in total. The van der Waals surface area contributed by atoms with Crippen LogP contribution in [0.2, 0.25) is 5.02 Å². The molecule has 0 unspecified atom stereocenters. The average Bonchev–Trinajstić information content (AvgIpc) is 3.04. The number of aromatic nitrogens is 2. The van der Waals surface area contributed by atoms with Crippen LogP contribution in [0.4, 0.5) is 14.6 Å². The van der Waals surface area contributed by atoms with E-state index in [2.05, 4.69) is 10.4 Å². The second-order valence-electron chi connectivity index (χ2n) is 6.83. The number of hydrogen-bond acceptors (Lipinski definition) is 4. The summed E-state index contributed by atoms with van der Waals surface area (Å²) in [7, 11) is -2.64. The number of rotatable bonds is 7. The Bertz CT molecular complexity index is 1210. The summed E-state index contributed by atoms with van der Waals surface area (Å²) >= 11 is 5.79. The van der Waals surface area contributed by atoms with E-state index >= 15 is 0 Å².